The van der Waals surface area contributed by atoms with Crippen LogP contribution in [0.4, 0.5) is 4.39 Å². The molecule has 25 heavy (non-hydrogen) atoms. The number of rotatable bonds is 5. The molecular formula is C22H28FNO. The molecule has 1 unspecified atom stereocenters. The minimum absolute atomic E-state index is 0.226. The quantitative estimate of drug-likeness (QED) is 0.860. The van der Waals surface area contributed by atoms with Gasteiger partial charge in [-0.15, -0.1) is 0 Å². The number of halogens is 1. The molecule has 0 bridgehead atoms. The van der Waals surface area contributed by atoms with E-state index in [1.807, 2.05) is 0 Å². The van der Waals surface area contributed by atoms with Crippen LogP contribution < -0.4 is 0 Å². The van der Waals surface area contributed by atoms with Crippen molar-refractivity contribution in [1.29, 1.82) is 0 Å². The molecule has 1 atom stereocenters. The lowest BCUT2D eigenvalue weighted by Gasteiger charge is -2.41. The number of benzene rings is 2. The van der Waals surface area contributed by atoms with Gasteiger partial charge in [0.25, 0.3) is 0 Å². The number of hydrogen-bond acceptors (Lipinski definition) is 2. The van der Waals surface area contributed by atoms with Gasteiger partial charge in [0.1, 0.15) is 5.82 Å². The first-order valence-corrected chi connectivity index (χ1v) is 9.15. The second-order valence-corrected chi connectivity index (χ2v) is 7.68. The first kappa shape index (κ1) is 18.1. The van der Waals surface area contributed by atoms with Crippen molar-refractivity contribution in [1.82, 2.24) is 4.90 Å². The van der Waals surface area contributed by atoms with Crippen LogP contribution >= 0.6 is 0 Å². The molecule has 0 spiro atoms. The fraction of sp³-hybridized carbons (Fsp3) is 0.455. The molecule has 3 heteroatoms. The van der Waals surface area contributed by atoms with Gasteiger partial charge in [0, 0.05) is 12.5 Å². The van der Waals surface area contributed by atoms with E-state index in [0.717, 1.165) is 31.2 Å². The average Bonchev–Trinajstić information content (AvgIpc) is 2.60. The maximum Gasteiger partial charge on any atom is 0.123 e. The van der Waals surface area contributed by atoms with Gasteiger partial charge in [-0.1, -0.05) is 42.5 Å². The van der Waals surface area contributed by atoms with Crippen LogP contribution in [0.2, 0.25) is 0 Å². The van der Waals surface area contributed by atoms with E-state index in [1.54, 1.807) is 12.1 Å². The summed E-state index contributed by atoms with van der Waals surface area (Å²) < 4.78 is 13.1. The summed E-state index contributed by atoms with van der Waals surface area (Å²) in [4.78, 5) is 2.30. The minimum Gasteiger partial charge on any atom is -0.390 e. The maximum absolute atomic E-state index is 13.1. The van der Waals surface area contributed by atoms with E-state index in [-0.39, 0.29) is 5.82 Å². The predicted molar refractivity (Wildman–Crippen MR) is 99.9 cm³/mol. The first-order chi connectivity index (χ1) is 12.0. The Morgan fingerprint density at radius 3 is 2.20 bits per heavy atom. The summed E-state index contributed by atoms with van der Waals surface area (Å²) in [5, 5.41) is 11.0. The summed E-state index contributed by atoms with van der Waals surface area (Å²) in [7, 11) is 4.27. The van der Waals surface area contributed by atoms with Crippen molar-refractivity contribution >= 4 is 0 Å². The molecule has 1 fully saturated rings. The smallest absolute Gasteiger partial charge is 0.123 e. The van der Waals surface area contributed by atoms with Crippen molar-refractivity contribution in [2.24, 2.45) is 5.92 Å². The second kappa shape index (κ2) is 7.67. The molecule has 0 heterocycles. The molecule has 1 N–H and O–H groups in total. The highest BCUT2D eigenvalue weighted by Gasteiger charge is 2.37. The fourth-order valence-electron chi connectivity index (χ4n) is 4.29. The Kier molecular flexibility index (Phi) is 5.55. The van der Waals surface area contributed by atoms with E-state index in [2.05, 4.69) is 49.3 Å². The average molecular weight is 341 g/mol. The molecule has 0 amide bonds. The van der Waals surface area contributed by atoms with Crippen LogP contribution in [-0.4, -0.2) is 29.7 Å². The molecule has 2 nitrogen and oxygen atoms in total. The second-order valence-electron chi connectivity index (χ2n) is 7.68. The predicted octanol–water partition coefficient (Wildman–Crippen LogP) is 4.59. The summed E-state index contributed by atoms with van der Waals surface area (Å²) in [6.07, 6.45) is 4.22. The standard InChI is InChI=1S/C22H28FNO/c1-24(2)21(18-6-4-3-5-7-18)19-12-14-22(25,15-13-19)16-17-8-10-20(23)11-9-17/h3-11,19,21,25H,12-16H2,1-2H3. The van der Waals surface area contributed by atoms with Gasteiger partial charge in [-0.05, 0) is 69.0 Å². The normalized spacial score (nSPS) is 25.1. The van der Waals surface area contributed by atoms with Crippen molar-refractivity contribution < 1.29 is 9.50 Å². The Bertz CT molecular complexity index is 660. The Balaban J connectivity index is 1.66. The van der Waals surface area contributed by atoms with Gasteiger partial charge in [-0.2, -0.15) is 0 Å². The first-order valence-electron chi connectivity index (χ1n) is 9.15. The molecular weight excluding hydrogens is 313 g/mol. The van der Waals surface area contributed by atoms with E-state index in [0.29, 0.717) is 18.4 Å². The summed E-state index contributed by atoms with van der Waals surface area (Å²) in [5.74, 6) is 0.321. The minimum atomic E-state index is -0.665. The molecule has 134 valence electrons. The lowest BCUT2D eigenvalue weighted by Crippen LogP contribution is -2.39. The third-order valence-electron chi connectivity index (χ3n) is 5.55. The topological polar surface area (TPSA) is 23.5 Å². The molecule has 0 saturated heterocycles. The zero-order valence-electron chi connectivity index (χ0n) is 15.2. The van der Waals surface area contributed by atoms with Crippen LogP contribution in [0.25, 0.3) is 0 Å². The van der Waals surface area contributed by atoms with E-state index in [4.69, 9.17) is 0 Å². The van der Waals surface area contributed by atoms with Crippen molar-refractivity contribution in [2.45, 2.75) is 43.7 Å². The van der Waals surface area contributed by atoms with Crippen LogP contribution in [0.5, 0.6) is 0 Å². The highest BCUT2D eigenvalue weighted by atomic mass is 19.1. The van der Waals surface area contributed by atoms with Crippen LogP contribution in [0.3, 0.4) is 0 Å². The zero-order chi connectivity index (χ0) is 17.9. The molecule has 0 aromatic heterocycles. The lowest BCUT2D eigenvalue weighted by atomic mass is 9.72. The molecule has 1 aliphatic carbocycles. The van der Waals surface area contributed by atoms with Crippen LogP contribution in [-0.2, 0) is 6.42 Å². The lowest BCUT2D eigenvalue weighted by molar-refractivity contribution is -0.0202. The van der Waals surface area contributed by atoms with Crippen LogP contribution in [0, 0.1) is 11.7 Å². The SMILES string of the molecule is CN(C)C(c1ccccc1)C1CCC(O)(Cc2ccc(F)cc2)CC1. The van der Waals surface area contributed by atoms with Crippen LogP contribution in [0.15, 0.2) is 54.6 Å². The third-order valence-corrected chi connectivity index (χ3v) is 5.55. The Morgan fingerprint density at radius 1 is 1.04 bits per heavy atom. The Hall–Kier alpha value is -1.71. The van der Waals surface area contributed by atoms with Crippen LogP contribution in [0.1, 0.15) is 42.9 Å². The Morgan fingerprint density at radius 2 is 1.64 bits per heavy atom. The maximum atomic E-state index is 13.1. The monoisotopic (exact) mass is 341 g/mol. The highest BCUT2D eigenvalue weighted by molar-refractivity contribution is 5.21. The summed E-state index contributed by atoms with van der Waals surface area (Å²) in [5.41, 5.74) is 1.69. The number of hydrogen-bond donors (Lipinski definition) is 1. The molecule has 2 aromatic carbocycles. The van der Waals surface area contributed by atoms with Crippen molar-refractivity contribution in [3.8, 4) is 0 Å². The molecule has 0 aliphatic heterocycles. The summed E-state index contributed by atoms with van der Waals surface area (Å²) >= 11 is 0. The van der Waals surface area contributed by atoms with Gasteiger partial charge in [0.05, 0.1) is 5.60 Å². The van der Waals surface area contributed by atoms with E-state index >= 15 is 0 Å². The van der Waals surface area contributed by atoms with Gasteiger partial charge in [-0.3, -0.25) is 0 Å². The molecule has 1 saturated carbocycles. The fourth-order valence-corrected chi connectivity index (χ4v) is 4.29. The van der Waals surface area contributed by atoms with E-state index in [9.17, 15) is 9.50 Å². The molecule has 2 aromatic rings. The van der Waals surface area contributed by atoms with Gasteiger partial charge < -0.3 is 10.0 Å². The number of nitrogens with zero attached hydrogens (tertiary/aromatic N) is 1. The van der Waals surface area contributed by atoms with E-state index < -0.39 is 5.60 Å². The van der Waals surface area contributed by atoms with Crippen molar-refractivity contribution in [2.75, 3.05) is 14.1 Å². The summed E-state index contributed by atoms with van der Waals surface area (Å²) in [6.45, 7) is 0. The van der Waals surface area contributed by atoms with E-state index in [1.165, 1.54) is 17.7 Å². The van der Waals surface area contributed by atoms with Crippen molar-refractivity contribution in [3.63, 3.8) is 0 Å². The molecule has 1 aliphatic rings. The summed E-state index contributed by atoms with van der Waals surface area (Å²) in [6, 6.07) is 17.5. The Labute approximate surface area is 150 Å². The third kappa shape index (κ3) is 4.47. The zero-order valence-corrected chi connectivity index (χ0v) is 15.2. The van der Waals surface area contributed by atoms with Gasteiger partial charge >= 0.3 is 0 Å². The van der Waals surface area contributed by atoms with Gasteiger partial charge in [0.15, 0.2) is 0 Å². The number of aliphatic hydroxyl groups is 1. The van der Waals surface area contributed by atoms with Crippen molar-refractivity contribution in [3.05, 3.63) is 71.5 Å². The highest BCUT2D eigenvalue weighted by Crippen LogP contribution is 2.41. The molecule has 3 rings (SSSR count). The van der Waals surface area contributed by atoms with Gasteiger partial charge in [0.2, 0.25) is 0 Å². The van der Waals surface area contributed by atoms with Gasteiger partial charge in [-0.25, -0.2) is 4.39 Å². The largest absolute Gasteiger partial charge is 0.390 e. The molecule has 0 radical (unpaired) electrons.